The van der Waals surface area contributed by atoms with Crippen molar-refractivity contribution in [2.75, 3.05) is 13.7 Å². The lowest BCUT2D eigenvalue weighted by Crippen LogP contribution is -2.48. The molecule has 3 rings (SSSR count). The van der Waals surface area contributed by atoms with Gasteiger partial charge in [-0.15, -0.1) is 0 Å². The van der Waals surface area contributed by atoms with Gasteiger partial charge in [-0.1, -0.05) is 20.8 Å². The van der Waals surface area contributed by atoms with Crippen LogP contribution < -0.4 is 14.8 Å². The van der Waals surface area contributed by atoms with Gasteiger partial charge < -0.3 is 19.5 Å². The summed E-state index contributed by atoms with van der Waals surface area (Å²) in [6, 6.07) is 1.47. The van der Waals surface area contributed by atoms with Crippen LogP contribution >= 0.6 is 0 Å². The second-order valence-electron chi connectivity index (χ2n) is 8.96. The number of esters is 1. The standard InChI is InChI=1S/C21H26F2N2O7/c1-20(2)11-5-6-21(20,3)16(7-11)24-17(26)10-31-18(27)12-8-14(30-4)15(32-19(22)23)9-13(12)25(28)29/h8-9,11,16,19H,5-7,10H2,1-4H3,(H,24,26)/t11?,16?,21-/m1/s1. The number of hydrogen-bond acceptors (Lipinski definition) is 7. The van der Waals surface area contributed by atoms with Crippen LogP contribution in [0.4, 0.5) is 14.5 Å². The highest BCUT2D eigenvalue weighted by Crippen LogP contribution is 2.65. The second-order valence-corrected chi connectivity index (χ2v) is 8.96. The van der Waals surface area contributed by atoms with Crippen LogP contribution in [-0.2, 0) is 9.53 Å². The number of amides is 1. The van der Waals surface area contributed by atoms with Gasteiger partial charge in [-0.05, 0) is 36.0 Å². The molecule has 0 heterocycles. The summed E-state index contributed by atoms with van der Waals surface area (Å²) in [7, 11) is 1.12. The van der Waals surface area contributed by atoms with Crippen molar-refractivity contribution in [1.82, 2.24) is 5.32 Å². The van der Waals surface area contributed by atoms with Crippen molar-refractivity contribution < 1.29 is 37.5 Å². The molecule has 3 atom stereocenters. The largest absolute Gasteiger partial charge is 0.493 e. The third-order valence-corrected chi connectivity index (χ3v) is 7.38. The number of nitro groups is 1. The first-order valence-corrected chi connectivity index (χ1v) is 10.2. The first-order chi connectivity index (χ1) is 14.9. The minimum Gasteiger partial charge on any atom is -0.493 e. The highest BCUT2D eigenvalue weighted by Gasteiger charge is 2.61. The molecule has 1 aromatic rings. The Hall–Kier alpha value is -2.98. The van der Waals surface area contributed by atoms with Crippen LogP contribution in [0.3, 0.4) is 0 Å². The highest BCUT2D eigenvalue weighted by atomic mass is 19.3. The van der Waals surface area contributed by atoms with E-state index in [9.17, 15) is 28.5 Å². The summed E-state index contributed by atoms with van der Waals surface area (Å²) < 4.78 is 39.2. The van der Waals surface area contributed by atoms with Crippen LogP contribution in [0.5, 0.6) is 11.5 Å². The number of methoxy groups -OCH3 is 1. The molecule has 2 aliphatic rings. The predicted molar refractivity (Wildman–Crippen MR) is 108 cm³/mol. The Balaban J connectivity index is 1.69. The number of rotatable bonds is 8. The fourth-order valence-electron chi connectivity index (χ4n) is 5.08. The predicted octanol–water partition coefficient (Wildman–Crippen LogP) is 3.69. The van der Waals surface area contributed by atoms with Gasteiger partial charge in [0.15, 0.2) is 18.1 Å². The number of carbonyl (C=O) groups is 2. The molecule has 1 aromatic carbocycles. The zero-order chi connectivity index (χ0) is 23.8. The average molecular weight is 456 g/mol. The van der Waals surface area contributed by atoms with Crippen molar-refractivity contribution in [1.29, 1.82) is 0 Å². The fourth-order valence-corrected chi connectivity index (χ4v) is 5.08. The summed E-state index contributed by atoms with van der Waals surface area (Å²) in [5.74, 6) is -2.09. The fraction of sp³-hybridized carbons (Fsp3) is 0.619. The van der Waals surface area contributed by atoms with Crippen LogP contribution in [0.1, 0.15) is 50.4 Å². The maximum absolute atomic E-state index is 12.6. The van der Waals surface area contributed by atoms with Crippen LogP contribution in [0.25, 0.3) is 0 Å². The lowest BCUT2D eigenvalue weighted by atomic mass is 9.69. The molecule has 9 nitrogen and oxygen atoms in total. The van der Waals surface area contributed by atoms with E-state index in [1.807, 2.05) is 0 Å². The van der Waals surface area contributed by atoms with Crippen molar-refractivity contribution in [2.45, 2.75) is 52.7 Å². The molecule has 2 unspecified atom stereocenters. The molecule has 2 fully saturated rings. The molecule has 2 saturated carbocycles. The molecule has 0 aromatic heterocycles. The van der Waals surface area contributed by atoms with Crippen molar-refractivity contribution in [3.63, 3.8) is 0 Å². The average Bonchev–Trinajstić information content (AvgIpc) is 3.04. The third kappa shape index (κ3) is 4.07. The van der Waals surface area contributed by atoms with Crippen molar-refractivity contribution in [3.05, 3.63) is 27.8 Å². The number of benzene rings is 1. The lowest BCUT2D eigenvalue weighted by Gasteiger charge is -2.39. The Kier molecular flexibility index (Phi) is 6.30. The Morgan fingerprint density at radius 3 is 2.47 bits per heavy atom. The maximum Gasteiger partial charge on any atom is 0.387 e. The topological polar surface area (TPSA) is 117 Å². The summed E-state index contributed by atoms with van der Waals surface area (Å²) in [6.07, 6.45) is 2.95. The van der Waals surface area contributed by atoms with E-state index in [-0.39, 0.29) is 22.6 Å². The molecule has 1 amide bonds. The molecule has 0 spiro atoms. The van der Waals surface area contributed by atoms with Gasteiger partial charge in [-0.3, -0.25) is 14.9 Å². The first kappa shape index (κ1) is 23.7. The number of alkyl halides is 2. The number of nitro benzene ring substituents is 1. The van der Waals surface area contributed by atoms with Crippen LogP contribution in [0.15, 0.2) is 12.1 Å². The molecular formula is C21H26F2N2O7. The monoisotopic (exact) mass is 456 g/mol. The van der Waals surface area contributed by atoms with Gasteiger partial charge in [0, 0.05) is 12.1 Å². The molecule has 176 valence electrons. The van der Waals surface area contributed by atoms with Crippen molar-refractivity contribution in [2.24, 2.45) is 16.7 Å². The van der Waals surface area contributed by atoms with E-state index in [2.05, 4.69) is 30.8 Å². The summed E-state index contributed by atoms with van der Waals surface area (Å²) in [5.41, 5.74) is -1.34. The Bertz CT molecular complexity index is 937. The quantitative estimate of drug-likeness (QED) is 0.360. The number of hydrogen-bond donors (Lipinski definition) is 1. The molecule has 32 heavy (non-hydrogen) atoms. The lowest BCUT2D eigenvalue weighted by molar-refractivity contribution is -0.385. The van der Waals surface area contributed by atoms with E-state index in [1.54, 1.807) is 0 Å². The smallest absolute Gasteiger partial charge is 0.387 e. The number of nitrogens with zero attached hydrogens (tertiary/aromatic N) is 1. The molecule has 2 bridgehead atoms. The Labute approximate surface area is 183 Å². The Morgan fingerprint density at radius 2 is 1.97 bits per heavy atom. The summed E-state index contributed by atoms with van der Waals surface area (Å²) >= 11 is 0. The normalized spacial score (nSPS) is 25.5. The number of fused-ring (bicyclic) bond motifs is 2. The van der Waals surface area contributed by atoms with E-state index in [0.29, 0.717) is 12.0 Å². The molecule has 0 radical (unpaired) electrons. The maximum atomic E-state index is 12.6. The summed E-state index contributed by atoms with van der Waals surface area (Å²) in [6.45, 7) is 2.67. The van der Waals surface area contributed by atoms with Crippen LogP contribution in [0, 0.1) is 26.9 Å². The molecule has 1 N–H and O–H groups in total. The van der Waals surface area contributed by atoms with E-state index in [4.69, 9.17) is 9.47 Å². The summed E-state index contributed by atoms with van der Waals surface area (Å²) in [4.78, 5) is 35.3. The van der Waals surface area contributed by atoms with Gasteiger partial charge in [-0.2, -0.15) is 8.78 Å². The van der Waals surface area contributed by atoms with E-state index < -0.39 is 47.0 Å². The van der Waals surface area contributed by atoms with Gasteiger partial charge in [0.25, 0.3) is 11.6 Å². The van der Waals surface area contributed by atoms with Crippen molar-refractivity contribution in [3.8, 4) is 11.5 Å². The minimum absolute atomic E-state index is 0.0531. The highest BCUT2D eigenvalue weighted by molar-refractivity contribution is 5.96. The van der Waals surface area contributed by atoms with Gasteiger partial charge in [0.2, 0.25) is 0 Å². The molecule has 11 heteroatoms. The summed E-state index contributed by atoms with van der Waals surface area (Å²) in [5, 5.41) is 14.3. The van der Waals surface area contributed by atoms with Gasteiger partial charge in [0.05, 0.1) is 18.1 Å². The number of ether oxygens (including phenoxy) is 3. The molecule has 0 saturated heterocycles. The molecular weight excluding hydrogens is 430 g/mol. The second kappa shape index (κ2) is 8.51. The van der Waals surface area contributed by atoms with Gasteiger partial charge >= 0.3 is 12.6 Å². The van der Waals surface area contributed by atoms with Crippen molar-refractivity contribution >= 4 is 17.6 Å². The third-order valence-electron chi connectivity index (χ3n) is 7.38. The van der Waals surface area contributed by atoms with E-state index >= 15 is 0 Å². The van der Waals surface area contributed by atoms with E-state index in [1.165, 1.54) is 0 Å². The molecule has 0 aliphatic heterocycles. The van der Waals surface area contributed by atoms with E-state index in [0.717, 1.165) is 32.4 Å². The number of halogens is 2. The Morgan fingerprint density at radius 1 is 1.28 bits per heavy atom. The zero-order valence-electron chi connectivity index (χ0n) is 18.3. The zero-order valence-corrected chi connectivity index (χ0v) is 18.3. The van der Waals surface area contributed by atoms with Gasteiger partial charge in [0.1, 0.15) is 5.56 Å². The minimum atomic E-state index is -3.25. The van der Waals surface area contributed by atoms with Crippen LogP contribution in [0.2, 0.25) is 0 Å². The SMILES string of the molecule is COc1cc(C(=O)OCC(=O)NC2CC3CC[C@@]2(C)C3(C)C)c([N+](=O)[O-])cc1OC(F)F. The van der Waals surface area contributed by atoms with Gasteiger partial charge in [-0.25, -0.2) is 4.79 Å². The number of nitrogens with one attached hydrogen (secondary N) is 1. The first-order valence-electron chi connectivity index (χ1n) is 10.2. The van der Waals surface area contributed by atoms with Crippen LogP contribution in [-0.4, -0.2) is 43.2 Å². The number of carbonyl (C=O) groups excluding carboxylic acids is 2. The molecule has 2 aliphatic carbocycles.